The molecule has 1 unspecified atom stereocenters. The van der Waals surface area contributed by atoms with E-state index in [-0.39, 0.29) is 5.54 Å². The van der Waals surface area contributed by atoms with Crippen LogP contribution in [-0.2, 0) is 11.2 Å². The first-order valence-electron chi connectivity index (χ1n) is 6.58. The number of Topliss-reactive ketones (excluding diaryl/α,β-unsaturated/α-hetero) is 1. The molecular weight excluding hydrogens is 222 g/mol. The number of rotatable bonds is 5. The lowest BCUT2D eigenvalue weighted by Crippen LogP contribution is -2.48. The highest BCUT2D eigenvalue weighted by molar-refractivity contribution is 5.90. The second-order valence-electron chi connectivity index (χ2n) is 5.55. The minimum absolute atomic E-state index is 0.295. The Bertz CT molecular complexity index is 437. The third-order valence-corrected chi connectivity index (χ3v) is 4.13. The van der Waals surface area contributed by atoms with Gasteiger partial charge in [0.1, 0.15) is 0 Å². The number of carbonyl (C=O) groups is 1. The summed E-state index contributed by atoms with van der Waals surface area (Å²) in [5, 5.41) is 0. The molecule has 0 aliphatic carbocycles. The maximum Gasteiger partial charge on any atom is 0.157 e. The van der Waals surface area contributed by atoms with Gasteiger partial charge in [-0.1, -0.05) is 30.7 Å². The highest BCUT2D eigenvalue weighted by atomic mass is 16.1. The van der Waals surface area contributed by atoms with Gasteiger partial charge in [0.05, 0.1) is 5.54 Å². The summed E-state index contributed by atoms with van der Waals surface area (Å²) in [5.41, 5.74) is 3.20. The SMILES string of the molecule is CCC(C)(C(=O)Cc1cc(C)ccc1C)N(C)C. The number of ketones is 1. The fourth-order valence-corrected chi connectivity index (χ4v) is 2.12. The van der Waals surface area contributed by atoms with Gasteiger partial charge in [0.25, 0.3) is 0 Å². The molecule has 0 spiro atoms. The molecule has 18 heavy (non-hydrogen) atoms. The van der Waals surface area contributed by atoms with Gasteiger partial charge in [-0.25, -0.2) is 0 Å². The average molecular weight is 247 g/mol. The molecule has 0 aliphatic rings. The van der Waals surface area contributed by atoms with Crippen LogP contribution in [0.25, 0.3) is 0 Å². The van der Waals surface area contributed by atoms with Gasteiger partial charge in [-0.05, 0) is 52.4 Å². The van der Waals surface area contributed by atoms with E-state index in [4.69, 9.17) is 0 Å². The molecule has 1 atom stereocenters. The maximum atomic E-state index is 12.5. The Kier molecular flexibility index (Phi) is 4.69. The summed E-state index contributed by atoms with van der Waals surface area (Å²) in [5.74, 6) is 0.295. The zero-order valence-electron chi connectivity index (χ0n) is 12.5. The van der Waals surface area contributed by atoms with Crippen LogP contribution >= 0.6 is 0 Å². The fourth-order valence-electron chi connectivity index (χ4n) is 2.12. The maximum absolute atomic E-state index is 12.5. The Balaban J connectivity index is 2.97. The Labute approximate surface area is 111 Å². The van der Waals surface area contributed by atoms with Crippen LogP contribution < -0.4 is 0 Å². The lowest BCUT2D eigenvalue weighted by atomic mass is 9.87. The summed E-state index contributed by atoms with van der Waals surface area (Å²) in [6.07, 6.45) is 1.36. The molecule has 0 aromatic heterocycles. The molecule has 0 heterocycles. The Morgan fingerprint density at radius 2 is 1.89 bits per heavy atom. The molecule has 1 aromatic carbocycles. The molecule has 2 heteroatoms. The summed E-state index contributed by atoms with van der Waals surface area (Å²) in [6.45, 7) is 8.24. The van der Waals surface area contributed by atoms with Crippen molar-refractivity contribution in [3.8, 4) is 0 Å². The molecule has 1 rings (SSSR count). The quantitative estimate of drug-likeness (QED) is 0.796. The van der Waals surface area contributed by atoms with E-state index in [0.717, 1.165) is 12.0 Å². The lowest BCUT2D eigenvalue weighted by Gasteiger charge is -2.34. The van der Waals surface area contributed by atoms with Crippen LogP contribution in [0.2, 0.25) is 0 Å². The summed E-state index contributed by atoms with van der Waals surface area (Å²) >= 11 is 0. The molecule has 0 amide bonds. The molecule has 1 aromatic rings. The van der Waals surface area contributed by atoms with E-state index in [9.17, 15) is 4.79 Å². The molecule has 0 saturated carbocycles. The molecule has 100 valence electrons. The predicted molar refractivity (Wildman–Crippen MR) is 77.0 cm³/mol. The summed E-state index contributed by atoms with van der Waals surface area (Å²) in [7, 11) is 3.95. The second kappa shape index (κ2) is 5.66. The van der Waals surface area contributed by atoms with Crippen molar-refractivity contribution < 1.29 is 4.79 Å². The van der Waals surface area contributed by atoms with Crippen molar-refractivity contribution in [2.75, 3.05) is 14.1 Å². The van der Waals surface area contributed by atoms with Gasteiger partial charge in [-0.15, -0.1) is 0 Å². The number of hydrogen-bond acceptors (Lipinski definition) is 2. The lowest BCUT2D eigenvalue weighted by molar-refractivity contribution is -0.128. The standard InChI is InChI=1S/C16H25NO/c1-7-16(4,17(5)6)15(18)11-14-10-12(2)8-9-13(14)3/h8-10H,7,11H2,1-6H3. The number of aryl methyl sites for hydroxylation is 2. The third-order valence-electron chi connectivity index (χ3n) is 4.13. The molecule has 0 bridgehead atoms. The van der Waals surface area contributed by atoms with Gasteiger partial charge in [0, 0.05) is 6.42 Å². The van der Waals surface area contributed by atoms with E-state index in [1.54, 1.807) is 0 Å². The van der Waals surface area contributed by atoms with Crippen molar-refractivity contribution >= 4 is 5.78 Å². The smallest absolute Gasteiger partial charge is 0.157 e. The first-order valence-corrected chi connectivity index (χ1v) is 6.58. The number of benzene rings is 1. The van der Waals surface area contributed by atoms with Gasteiger partial charge in [0.15, 0.2) is 5.78 Å². The zero-order chi connectivity index (χ0) is 13.9. The van der Waals surface area contributed by atoms with Crippen LogP contribution in [0, 0.1) is 13.8 Å². The normalized spacial score (nSPS) is 14.6. The Morgan fingerprint density at radius 1 is 1.28 bits per heavy atom. The molecule has 2 nitrogen and oxygen atoms in total. The zero-order valence-corrected chi connectivity index (χ0v) is 12.5. The molecule has 0 aliphatic heterocycles. The number of nitrogens with zero attached hydrogens (tertiary/aromatic N) is 1. The number of carbonyl (C=O) groups excluding carboxylic acids is 1. The highest BCUT2D eigenvalue weighted by Crippen LogP contribution is 2.21. The van der Waals surface area contributed by atoms with E-state index < -0.39 is 0 Å². The summed E-state index contributed by atoms with van der Waals surface area (Å²) < 4.78 is 0. The monoisotopic (exact) mass is 247 g/mol. The minimum Gasteiger partial charge on any atom is -0.297 e. The van der Waals surface area contributed by atoms with Crippen LogP contribution in [0.4, 0.5) is 0 Å². The molecule has 0 radical (unpaired) electrons. The van der Waals surface area contributed by atoms with Crippen molar-refractivity contribution in [3.63, 3.8) is 0 Å². The van der Waals surface area contributed by atoms with Crippen molar-refractivity contribution in [1.29, 1.82) is 0 Å². The fraction of sp³-hybridized carbons (Fsp3) is 0.562. The average Bonchev–Trinajstić information content (AvgIpc) is 2.32. The number of hydrogen-bond donors (Lipinski definition) is 0. The topological polar surface area (TPSA) is 20.3 Å². The van der Waals surface area contributed by atoms with E-state index in [1.807, 2.05) is 25.9 Å². The van der Waals surface area contributed by atoms with Crippen LogP contribution in [0.15, 0.2) is 18.2 Å². The molecular formula is C16H25NO. The van der Waals surface area contributed by atoms with E-state index >= 15 is 0 Å². The van der Waals surface area contributed by atoms with Crippen LogP contribution in [0.3, 0.4) is 0 Å². The van der Waals surface area contributed by atoms with Gasteiger partial charge >= 0.3 is 0 Å². The first-order chi connectivity index (χ1) is 8.31. The van der Waals surface area contributed by atoms with Gasteiger partial charge < -0.3 is 0 Å². The second-order valence-corrected chi connectivity index (χ2v) is 5.55. The molecule has 0 N–H and O–H groups in total. The highest BCUT2D eigenvalue weighted by Gasteiger charge is 2.33. The van der Waals surface area contributed by atoms with Crippen LogP contribution in [0.5, 0.6) is 0 Å². The van der Waals surface area contributed by atoms with Gasteiger partial charge in [0.2, 0.25) is 0 Å². The summed E-state index contributed by atoms with van der Waals surface area (Å²) in [6, 6.07) is 6.31. The van der Waals surface area contributed by atoms with Gasteiger partial charge in [-0.3, -0.25) is 9.69 Å². The first kappa shape index (κ1) is 14.9. The summed E-state index contributed by atoms with van der Waals surface area (Å²) in [4.78, 5) is 14.6. The van der Waals surface area contributed by atoms with E-state index in [1.165, 1.54) is 11.1 Å². The minimum atomic E-state index is -0.365. The van der Waals surface area contributed by atoms with Gasteiger partial charge in [-0.2, -0.15) is 0 Å². The van der Waals surface area contributed by atoms with Crippen LogP contribution in [0.1, 0.15) is 37.0 Å². The van der Waals surface area contributed by atoms with Crippen molar-refractivity contribution in [2.45, 2.75) is 46.1 Å². The van der Waals surface area contributed by atoms with E-state index in [0.29, 0.717) is 12.2 Å². The van der Waals surface area contributed by atoms with E-state index in [2.05, 4.69) is 39.0 Å². The molecule has 0 saturated heterocycles. The largest absolute Gasteiger partial charge is 0.297 e. The third kappa shape index (κ3) is 2.99. The molecule has 0 fully saturated rings. The van der Waals surface area contributed by atoms with Crippen LogP contribution in [-0.4, -0.2) is 30.3 Å². The van der Waals surface area contributed by atoms with Crippen molar-refractivity contribution in [3.05, 3.63) is 34.9 Å². The predicted octanol–water partition coefficient (Wildman–Crippen LogP) is 3.15. The van der Waals surface area contributed by atoms with Crippen molar-refractivity contribution in [1.82, 2.24) is 4.90 Å². The Hall–Kier alpha value is -1.15. The van der Waals surface area contributed by atoms with Crippen molar-refractivity contribution in [2.24, 2.45) is 0 Å². The Morgan fingerprint density at radius 3 is 2.39 bits per heavy atom. The number of likely N-dealkylation sites (N-methyl/N-ethyl adjacent to an activating group) is 1.